The average molecular weight is 367 g/mol. The molecule has 2 aromatic carbocycles. The summed E-state index contributed by atoms with van der Waals surface area (Å²) in [5.41, 5.74) is 2.43. The SMILES string of the molecule is O=C(NCCCc1ccccc1)c1cc(Nc2ccc(Cl)cc2)ncn1. The lowest BCUT2D eigenvalue weighted by Crippen LogP contribution is -2.25. The molecule has 0 saturated heterocycles. The van der Waals surface area contributed by atoms with E-state index in [1.165, 1.54) is 11.9 Å². The maximum Gasteiger partial charge on any atom is 0.270 e. The predicted octanol–water partition coefficient (Wildman–Crippen LogP) is 4.24. The number of benzene rings is 2. The lowest BCUT2D eigenvalue weighted by atomic mass is 10.1. The van der Waals surface area contributed by atoms with Gasteiger partial charge in [-0.1, -0.05) is 41.9 Å². The number of aromatic nitrogens is 2. The van der Waals surface area contributed by atoms with E-state index in [2.05, 4.69) is 32.7 Å². The third-order valence-corrected chi connectivity index (χ3v) is 4.04. The molecule has 3 aromatic rings. The summed E-state index contributed by atoms with van der Waals surface area (Å²) in [5.74, 6) is 0.344. The van der Waals surface area contributed by atoms with Crippen molar-refractivity contribution in [3.05, 3.63) is 83.3 Å². The highest BCUT2D eigenvalue weighted by Gasteiger charge is 2.08. The molecule has 26 heavy (non-hydrogen) atoms. The average Bonchev–Trinajstić information content (AvgIpc) is 2.68. The van der Waals surface area contributed by atoms with Crippen LogP contribution >= 0.6 is 11.6 Å². The quantitative estimate of drug-likeness (QED) is 0.614. The molecule has 1 heterocycles. The fourth-order valence-corrected chi connectivity index (χ4v) is 2.59. The Bertz CT molecular complexity index is 853. The number of hydrogen-bond donors (Lipinski definition) is 2. The van der Waals surface area contributed by atoms with Crippen LogP contribution < -0.4 is 10.6 Å². The van der Waals surface area contributed by atoms with E-state index in [1.54, 1.807) is 18.2 Å². The van der Waals surface area contributed by atoms with Crippen molar-refractivity contribution >= 4 is 29.0 Å². The Hall–Kier alpha value is -2.92. The fraction of sp³-hybridized carbons (Fsp3) is 0.150. The molecule has 0 saturated carbocycles. The number of amides is 1. The van der Waals surface area contributed by atoms with Crippen LogP contribution in [-0.2, 0) is 6.42 Å². The zero-order valence-electron chi connectivity index (χ0n) is 14.2. The molecule has 0 atom stereocenters. The standard InChI is InChI=1S/C20H19ClN4O/c21-16-8-10-17(11-9-16)25-19-13-18(23-14-24-19)20(26)22-12-4-7-15-5-2-1-3-6-15/h1-3,5-6,8-11,13-14H,4,7,12H2,(H,22,26)(H,23,24,25). The monoisotopic (exact) mass is 366 g/mol. The Morgan fingerprint density at radius 1 is 1.00 bits per heavy atom. The molecule has 132 valence electrons. The van der Waals surface area contributed by atoms with Gasteiger partial charge in [0, 0.05) is 23.3 Å². The highest BCUT2D eigenvalue weighted by molar-refractivity contribution is 6.30. The molecule has 0 spiro atoms. The molecular weight excluding hydrogens is 348 g/mol. The van der Waals surface area contributed by atoms with Gasteiger partial charge in [0.2, 0.25) is 0 Å². The largest absolute Gasteiger partial charge is 0.351 e. The van der Waals surface area contributed by atoms with E-state index in [0.29, 0.717) is 23.1 Å². The lowest BCUT2D eigenvalue weighted by Gasteiger charge is -2.08. The van der Waals surface area contributed by atoms with Crippen LogP contribution in [0.3, 0.4) is 0 Å². The first-order chi connectivity index (χ1) is 12.7. The molecule has 0 radical (unpaired) electrons. The Labute approximate surface area is 157 Å². The summed E-state index contributed by atoms with van der Waals surface area (Å²) in [7, 11) is 0. The molecule has 1 aromatic heterocycles. The molecule has 0 bridgehead atoms. The van der Waals surface area contributed by atoms with E-state index in [9.17, 15) is 4.79 Å². The zero-order valence-corrected chi connectivity index (χ0v) is 14.9. The summed E-state index contributed by atoms with van der Waals surface area (Å²) < 4.78 is 0. The van der Waals surface area contributed by atoms with Crippen molar-refractivity contribution in [2.24, 2.45) is 0 Å². The Kier molecular flexibility index (Phi) is 6.17. The Morgan fingerprint density at radius 3 is 2.54 bits per heavy atom. The second kappa shape index (κ2) is 8.97. The summed E-state index contributed by atoms with van der Waals surface area (Å²) >= 11 is 5.87. The van der Waals surface area contributed by atoms with Gasteiger partial charge in [0.15, 0.2) is 0 Å². The smallest absolute Gasteiger partial charge is 0.270 e. The first-order valence-corrected chi connectivity index (χ1v) is 8.75. The van der Waals surface area contributed by atoms with Crippen LogP contribution in [0.4, 0.5) is 11.5 Å². The van der Waals surface area contributed by atoms with Gasteiger partial charge in [-0.05, 0) is 42.7 Å². The summed E-state index contributed by atoms with van der Waals surface area (Å²) in [6.07, 6.45) is 3.17. The van der Waals surface area contributed by atoms with Crippen molar-refractivity contribution in [1.82, 2.24) is 15.3 Å². The number of aryl methyl sites for hydroxylation is 1. The minimum Gasteiger partial charge on any atom is -0.351 e. The number of nitrogens with zero attached hydrogens (tertiary/aromatic N) is 2. The van der Waals surface area contributed by atoms with E-state index in [-0.39, 0.29) is 5.91 Å². The van der Waals surface area contributed by atoms with Crippen LogP contribution in [0.15, 0.2) is 67.0 Å². The molecule has 0 fully saturated rings. The number of nitrogens with one attached hydrogen (secondary N) is 2. The van der Waals surface area contributed by atoms with E-state index < -0.39 is 0 Å². The number of halogens is 1. The van der Waals surface area contributed by atoms with Crippen LogP contribution in [0.25, 0.3) is 0 Å². The van der Waals surface area contributed by atoms with Gasteiger partial charge in [0.1, 0.15) is 17.8 Å². The number of anilines is 2. The number of rotatable bonds is 7. The molecule has 0 aliphatic heterocycles. The summed E-state index contributed by atoms with van der Waals surface area (Å²) in [4.78, 5) is 20.4. The fourth-order valence-electron chi connectivity index (χ4n) is 2.46. The second-order valence-electron chi connectivity index (χ2n) is 5.77. The van der Waals surface area contributed by atoms with Crippen molar-refractivity contribution in [3.8, 4) is 0 Å². The second-order valence-corrected chi connectivity index (χ2v) is 6.20. The highest BCUT2D eigenvalue weighted by Crippen LogP contribution is 2.17. The maximum absolute atomic E-state index is 12.3. The number of hydrogen-bond acceptors (Lipinski definition) is 4. The molecule has 2 N–H and O–H groups in total. The molecule has 6 heteroatoms. The highest BCUT2D eigenvalue weighted by atomic mass is 35.5. The normalized spacial score (nSPS) is 10.3. The zero-order chi connectivity index (χ0) is 18.2. The van der Waals surface area contributed by atoms with Gasteiger partial charge in [-0.3, -0.25) is 4.79 Å². The van der Waals surface area contributed by atoms with Crippen molar-refractivity contribution in [2.45, 2.75) is 12.8 Å². The van der Waals surface area contributed by atoms with E-state index in [0.717, 1.165) is 18.5 Å². The van der Waals surface area contributed by atoms with Gasteiger partial charge < -0.3 is 10.6 Å². The minimum atomic E-state index is -0.209. The van der Waals surface area contributed by atoms with Gasteiger partial charge in [-0.2, -0.15) is 0 Å². The Morgan fingerprint density at radius 2 is 1.77 bits per heavy atom. The first kappa shape index (κ1) is 17.9. The van der Waals surface area contributed by atoms with Crippen LogP contribution in [0.1, 0.15) is 22.5 Å². The van der Waals surface area contributed by atoms with Gasteiger partial charge in [-0.25, -0.2) is 9.97 Å². The van der Waals surface area contributed by atoms with Gasteiger partial charge >= 0.3 is 0 Å². The molecule has 0 unspecified atom stereocenters. The van der Waals surface area contributed by atoms with Gasteiger partial charge in [0.05, 0.1) is 0 Å². The van der Waals surface area contributed by atoms with Gasteiger partial charge in [-0.15, -0.1) is 0 Å². The van der Waals surface area contributed by atoms with Crippen LogP contribution in [0.5, 0.6) is 0 Å². The van der Waals surface area contributed by atoms with Crippen LogP contribution in [-0.4, -0.2) is 22.4 Å². The number of carbonyl (C=O) groups excluding carboxylic acids is 1. The van der Waals surface area contributed by atoms with E-state index in [4.69, 9.17) is 11.6 Å². The maximum atomic E-state index is 12.3. The van der Waals surface area contributed by atoms with Crippen molar-refractivity contribution < 1.29 is 4.79 Å². The summed E-state index contributed by atoms with van der Waals surface area (Å²) in [6.45, 7) is 0.595. The molecule has 0 aliphatic rings. The topological polar surface area (TPSA) is 66.9 Å². The van der Waals surface area contributed by atoms with Gasteiger partial charge in [0.25, 0.3) is 5.91 Å². The third-order valence-electron chi connectivity index (χ3n) is 3.79. The molecule has 0 aliphatic carbocycles. The molecule has 1 amide bonds. The van der Waals surface area contributed by atoms with E-state index >= 15 is 0 Å². The number of carbonyl (C=O) groups is 1. The molecular formula is C20H19ClN4O. The summed E-state index contributed by atoms with van der Waals surface area (Å²) in [6, 6.07) is 19.1. The van der Waals surface area contributed by atoms with Crippen LogP contribution in [0.2, 0.25) is 5.02 Å². The van der Waals surface area contributed by atoms with Crippen LogP contribution in [0, 0.1) is 0 Å². The van der Waals surface area contributed by atoms with E-state index in [1.807, 2.05) is 30.3 Å². The third kappa shape index (κ3) is 5.29. The van der Waals surface area contributed by atoms with Crippen molar-refractivity contribution in [1.29, 1.82) is 0 Å². The lowest BCUT2D eigenvalue weighted by molar-refractivity contribution is 0.0948. The Balaban J connectivity index is 1.52. The van der Waals surface area contributed by atoms with Crippen molar-refractivity contribution in [3.63, 3.8) is 0 Å². The van der Waals surface area contributed by atoms with Crippen molar-refractivity contribution in [2.75, 3.05) is 11.9 Å². The predicted molar refractivity (Wildman–Crippen MR) is 104 cm³/mol. The first-order valence-electron chi connectivity index (χ1n) is 8.37. The molecule has 3 rings (SSSR count). The molecule has 5 nitrogen and oxygen atoms in total. The minimum absolute atomic E-state index is 0.209. The summed E-state index contributed by atoms with van der Waals surface area (Å²) in [5, 5.41) is 6.68.